The first kappa shape index (κ1) is 28.5. The Bertz CT molecular complexity index is 1300. The maximum atomic E-state index is 13.6. The van der Waals surface area contributed by atoms with Crippen molar-refractivity contribution in [1.82, 2.24) is 9.97 Å². The van der Waals surface area contributed by atoms with E-state index in [4.69, 9.17) is 57.1 Å². The molecule has 13 heteroatoms. The van der Waals surface area contributed by atoms with Gasteiger partial charge in [0.1, 0.15) is 18.3 Å². The molecule has 0 saturated carbocycles. The van der Waals surface area contributed by atoms with E-state index in [0.29, 0.717) is 97.1 Å². The van der Waals surface area contributed by atoms with Crippen LogP contribution >= 0.6 is 23.2 Å². The van der Waals surface area contributed by atoms with E-state index in [1.165, 1.54) is 6.92 Å². The number of carbonyl (C=O) groups is 2. The number of morpholine rings is 2. The molecule has 4 heterocycles. The summed E-state index contributed by atoms with van der Waals surface area (Å²) >= 11 is 13.3. The van der Waals surface area contributed by atoms with Crippen molar-refractivity contribution >= 4 is 58.4 Å². The molecule has 1 aromatic carbocycles. The third-order valence-electron chi connectivity index (χ3n) is 7.03. The summed E-state index contributed by atoms with van der Waals surface area (Å²) in [6.45, 7) is 7.57. The summed E-state index contributed by atoms with van der Waals surface area (Å²) < 4.78 is 22.0. The maximum absolute atomic E-state index is 13.6. The lowest BCUT2D eigenvalue weighted by Gasteiger charge is -2.37. The number of aromatic nitrogens is 2. The van der Waals surface area contributed by atoms with Crippen LogP contribution in [0, 0.1) is 5.92 Å². The summed E-state index contributed by atoms with van der Waals surface area (Å²) in [5, 5.41) is 0.638. The molecular formula is C27H31Cl2N5O6. The molecule has 2 unspecified atom stereocenters. The van der Waals surface area contributed by atoms with Crippen LogP contribution in [0.2, 0.25) is 10.0 Å². The Labute approximate surface area is 242 Å². The lowest BCUT2D eigenvalue weighted by molar-refractivity contribution is -0.147. The molecule has 2 atom stereocenters. The van der Waals surface area contributed by atoms with Crippen molar-refractivity contribution in [3.63, 3.8) is 0 Å². The molecular weight excluding hydrogens is 561 g/mol. The smallest absolute Gasteiger partial charge is 0.315 e. The first-order valence-corrected chi connectivity index (χ1v) is 14.0. The normalized spacial score (nSPS) is 20.9. The van der Waals surface area contributed by atoms with Gasteiger partial charge in [0.25, 0.3) is 0 Å². The number of aliphatic imine (C=N–C) groups is 1. The number of carbonyl (C=O) groups excluding carboxylic acids is 2. The van der Waals surface area contributed by atoms with Gasteiger partial charge >= 0.3 is 11.9 Å². The molecule has 0 aliphatic carbocycles. The highest BCUT2D eigenvalue weighted by atomic mass is 35.5. The van der Waals surface area contributed by atoms with Crippen molar-refractivity contribution < 1.29 is 28.5 Å². The minimum Gasteiger partial charge on any atom is -0.465 e. The molecule has 11 nitrogen and oxygen atoms in total. The van der Waals surface area contributed by atoms with Gasteiger partial charge in [-0.25, -0.2) is 4.99 Å². The van der Waals surface area contributed by atoms with Crippen LogP contribution in [0.15, 0.2) is 23.2 Å². The Balaban J connectivity index is 1.77. The zero-order valence-electron chi connectivity index (χ0n) is 22.4. The predicted molar refractivity (Wildman–Crippen MR) is 150 cm³/mol. The van der Waals surface area contributed by atoms with Gasteiger partial charge in [0.15, 0.2) is 5.82 Å². The lowest BCUT2D eigenvalue weighted by atomic mass is 9.76. The maximum Gasteiger partial charge on any atom is 0.315 e. The van der Waals surface area contributed by atoms with Crippen molar-refractivity contribution in [3.05, 3.63) is 39.4 Å². The lowest BCUT2D eigenvalue weighted by Crippen LogP contribution is -2.42. The highest BCUT2D eigenvalue weighted by Gasteiger charge is 2.45. The van der Waals surface area contributed by atoms with Gasteiger partial charge < -0.3 is 28.7 Å². The molecule has 3 aliphatic heterocycles. The topological polar surface area (TPSA) is 116 Å². The van der Waals surface area contributed by atoms with Crippen molar-refractivity contribution in [2.75, 3.05) is 75.6 Å². The van der Waals surface area contributed by atoms with Crippen molar-refractivity contribution in [2.24, 2.45) is 10.9 Å². The SMILES string of the molecule is CCOC(=O)C1C(COC(C)=O)=Nc2nc(N3CCOCC3)nc(N3CCOCC3)c2C1c1cccc(Cl)c1Cl. The molecule has 2 saturated heterocycles. The number of fused-ring (bicyclic) bond motifs is 1. The van der Waals surface area contributed by atoms with Gasteiger partial charge in [-0.3, -0.25) is 9.59 Å². The molecule has 2 fully saturated rings. The van der Waals surface area contributed by atoms with Crippen LogP contribution in [-0.2, 0) is 28.5 Å². The van der Waals surface area contributed by atoms with E-state index < -0.39 is 23.8 Å². The van der Waals surface area contributed by atoms with Gasteiger partial charge in [-0.15, -0.1) is 0 Å². The van der Waals surface area contributed by atoms with Crippen LogP contribution in [0.4, 0.5) is 17.6 Å². The van der Waals surface area contributed by atoms with Gasteiger partial charge in [0, 0.05) is 44.6 Å². The Morgan fingerprint density at radius 2 is 1.68 bits per heavy atom. The van der Waals surface area contributed by atoms with Crippen LogP contribution in [0.5, 0.6) is 0 Å². The van der Waals surface area contributed by atoms with E-state index in [-0.39, 0.29) is 13.2 Å². The fourth-order valence-corrected chi connectivity index (χ4v) is 5.61. The molecule has 2 aromatic rings. The molecule has 214 valence electrons. The average Bonchev–Trinajstić information content (AvgIpc) is 2.97. The molecule has 0 N–H and O–H groups in total. The van der Waals surface area contributed by atoms with E-state index in [1.54, 1.807) is 19.1 Å². The molecule has 0 spiro atoms. The highest BCUT2D eigenvalue weighted by molar-refractivity contribution is 6.42. The van der Waals surface area contributed by atoms with Gasteiger partial charge in [0.2, 0.25) is 5.95 Å². The molecule has 1 aromatic heterocycles. The summed E-state index contributed by atoms with van der Waals surface area (Å²) in [6.07, 6.45) is 0. The monoisotopic (exact) mass is 591 g/mol. The Kier molecular flexibility index (Phi) is 9.04. The summed E-state index contributed by atoms with van der Waals surface area (Å²) in [7, 11) is 0. The molecule has 3 aliphatic rings. The standard InChI is InChI=1S/C27H31Cl2N5O6/c1-3-39-26(36)21-19(15-40-16(2)35)30-24-22(20(21)17-5-4-6-18(28)23(17)29)25(33-7-11-37-12-8-33)32-27(31-24)34-9-13-38-14-10-34/h4-6,20-21H,3,7-15H2,1-2H3. The van der Waals surface area contributed by atoms with Crippen LogP contribution < -0.4 is 9.80 Å². The molecule has 5 rings (SSSR count). The van der Waals surface area contributed by atoms with Crippen molar-refractivity contribution in [2.45, 2.75) is 19.8 Å². The fraction of sp³-hybridized carbons (Fsp3) is 0.519. The van der Waals surface area contributed by atoms with Gasteiger partial charge in [0.05, 0.1) is 48.8 Å². The predicted octanol–water partition coefficient (Wildman–Crippen LogP) is 3.42. The van der Waals surface area contributed by atoms with Crippen LogP contribution in [0.3, 0.4) is 0 Å². The van der Waals surface area contributed by atoms with Gasteiger partial charge in [-0.1, -0.05) is 35.3 Å². The molecule has 40 heavy (non-hydrogen) atoms. The van der Waals surface area contributed by atoms with Gasteiger partial charge in [-0.2, -0.15) is 9.97 Å². The number of hydrogen-bond donors (Lipinski definition) is 0. The summed E-state index contributed by atoms with van der Waals surface area (Å²) in [4.78, 5) is 44.4. The Morgan fingerprint density at radius 3 is 2.33 bits per heavy atom. The van der Waals surface area contributed by atoms with E-state index in [0.717, 1.165) is 0 Å². The number of rotatable bonds is 7. The number of esters is 2. The number of halogens is 2. The zero-order chi connectivity index (χ0) is 28.2. The third kappa shape index (κ3) is 5.88. The minimum atomic E-state index is -0.958. The molecule has 0 bridgehead atoms. The summed E-state index contributed by atoms with van der Waals surface area (Å²) in [5.41, 5.74) is 1.54. The Hall–Kier alpha value is -2.99. The minimum absolute atomic E-state index is 0.155. The second-order valence-corrected chi connectivity index (χ2v) is 10.3. The number of benzene rings is 1. The number of ether oxygens (including phenoxy) is 4. The largest absolute Gasteiger partial charge is 0.465 e. The van der Waals surface area contributed by atoms with Crippen LogP contribution in [0.1, 0.15) is 30.9 Å². The van der Waals surface area contributed by atoms with Crippen molar-refractivity contribution in [3.8, 4) is 0 Å². The average molecular weight is 592 g/mol. The van der Waals surface area contributed by atoms with Crippen molar-refractivity contribution in [1.29, 1.82) is 0 Å². The highest BCUT2D eigenvalue weighted by Crippen LogP contribution is 2.49. The molecule has 0 radical (unpaired) electrons. The number of nitrogens with zero attached hydrogens (tertiary/aromatic N) is 5. The van der Waals surface area contributed by atoms with Crippen LogP contribution in [-0.4, -0.2) is 93.4 Å². The zero-order valence-corrected chi connectivity index (χ0v) is 23.9. The summed E-state index contributed by atoms with van der Waals surface area (Å²) in [6, 6.07) is 5.29. The van der Waals surface area contributed by atoms with E-state index in [1.807, 2.05) is 11.0 Å². The first-order chi connectivity index (χ1) is 19.4. The summed E-state index contributed by atoms with van der Waals surface area (Å²) in [5.74, 6) is -1.17. The second-order valence-electron chi connectivity index (χ2n) is 9.52. The Morgan fingerprint density at radius 1 is 1.00 bits per heavy atom. The van der Waals surface area contributed by atoms with E-state index in [2.05, 4.69) is 4.90 Å². The van der Waals surface area contributed by atoms with Crippen LogP contribution in [0.25, 0.3) is 0 Å². The number of hydrogen-bond acceptors (Lipinski definition) is 11. The van der Waals surface area contributed by atoms with E-state index in [9.17, 15) is 9.59 Å². The first-order valence-electron chi connectivity index (χ1n) is 13.3. The van der Waals surface area contributed by atoms with Gasteiger partial charge in [-0.05, 0) is 18.6 Å². The fourth-order valence-electron chi connectivity index (χ4n) is 5.18. The quantitative estimate of drug-likeness (QED) is 0.443. The number of anilines is 2. The second kappa shape index (κ2) is 12.7. The molecule has 0 amide bonds. The third-order valence-corrected chi connectivity index (χ3v) is 7.86. The van der Waals surface area contributed by atoms with E-state index >= 15 is 0 Å².